The summed E-state index contributed by atoms with van der Waals surface area (Å²) in [6.07, 6.45) is 0. The maximum Gasteiger partial charge on any atom is 0.316 e. The number of aryl methyl sites for hydroxylation is 1. The molecule has 0 radical (unpaired) electrons. The highest BCUT2D eigenvalue weighted by atomic mass is 16.3. The van der Waals surface area contributed by atoms with Crippen LogP contribution in [-0.4, -0.2) is 22.9 Å². The number of rotatable bonds is 5. The van der Waals surface area contributed by atoms with Gasteiger partial charge in [-0.3, -0.25) is 4.79 Å². The van der Waals surface area contributed by atoms with Crippen molar-refractivity contribution in [1.29, 1.82) is 0 Å². The molecular weight excluding hydrogens is 294 g/mol. The van der Waals surface area contributed by atoms with Gasteiger partial charge in [0.2, 0.25) is 0 Å². The van der Waals surface area contributed by atoms with Gasteiger partial charge in [-0.2, -0.15) is 0 Å². The second-order valence-electron chi connectivity index (χ2n) is 5.61. The zero-order valence-electron chi connectivity index (χ0n) is 13.5. The van der Waals surface area contributed by atoms with E-state index in [1.807, 2.05) is 32.9 Å². The van der Waals surface area contributed by atoms with Gasteiger partial charge in [-0.15, -0.1) is 0 Å². The predicted molar refractivity (Wildman–Crippen MR) is 88.1 cm³/mol. The van der Waals surface area contributed by atoms with Crippen molar-refractivity contribution in [3.8, 4) is 0 Å². The van der Waals surface area contributed by atoms with Crippen LogP contribution in [0.1, 0.15) is 35.7 Å². The van der Waals surface area contributed by atoms with Crippen molar-refractivity contribution >= 4 is 17.6 Å². The Bertz CT molecular complexity index is 707. The van der Waals surface area contributed by atoms with Gasteiger partial charge in [0, 0.05) is 17.3 Å². The van der Waals surface area contributed by atoms with Gasteiger partial charge in [0.05, 0.1) is 6.54 Å². The van der Waals surface area contributed by atoms with Gasteiger partial charge in [-0.1, -0.05) is 6.07 Å². The number of urea groups is 1. The van der Waals surface area contributed by atoms with Gasteiger partial charge in [-0.25, -0.2) is 4.79 Å². The third-order valence-electron chi connectivity index (χ3n) is 3.38. The molecule has 0 fully saturated rings. The molecule has 0 aliphatic carbocycles. The van der Waals surface area contributed by atoms with E-state index < -0.39 is 6.03 Å². The molecule has 2 aromatic rings. The summed E-state index contributed by atoms with van der Waals surface area (Å²) in [5.74, 6) is 1.40. The van der Waals surface area contributed by atoms with Gasteiger partial charge in [0.15, 0.2) is 0 Å². The largest absolute Gasteiger partial charge is 0.464 e. The number of amides is 3. The van der Waals surface area contributed by atoms with Crippen LogP contribution in [0.4, 0.5) is 10.5 Å². The van der Waals surface area contributed by atoms with Crippen LogP contribution in [-0.2, 0) is 6.54 Å². The monoisotopic (exact) mass is 315 g/mol. The van der Waals surface area contributed by atoms with E-state index in [0.29, 0.717) is 17.8 Å². The van der Waals surface area contributed by atoms with Crippen molar-refractivity contribution in [2.24, 2.45) is 5.73 Å². The summed E-state index contributed by atoms with van der Waals surface area (Å²) >= 11 is 0. The van der Waals surface area contributed by atoms with Crippen LogP contribution in [0.2, 0.25) is 0 Å². The molecule has 6 heteroatoms. The zero-order chi connectivity index (χ0) is 17.0. The zero-order valence-corrected chi connectivity index (χ0v) is 13.5. The first-order valence-corrected chi connectivity index (χ1v) is 7.39. The Morgan fingerprint density at radius 3 is 2.57 bits per heavy atom. The molecule has 0 saturated heterocycles. The number of carbonyl (C=O) groups excluding carboxylic acids is 2. The Morgan fingerprint density at radius 1 is 1.26 bits per heavy atom. The van der Waals surface area contributed by atoms with E-state index in [4.69, 9.17) is 10.2 Å². The third kappa shape index (κ3) is 4.35. The van der Waals surface area contributed by atoms with Crippen LogP contribution < -0.4 is 11.1 Å². The maximum absolute atomic E-state index is 12.8. The number of nitrogens with one attached hydrogen (secondary N) is 1. The molecular formula is C17H21N3O3. The Labute approximate surface area is 135 Å². The fraction of sp³-hybridized carbons (Fsp3) is 0.294. The lowest BCUT2D eigenvalue weighted by molar-refractivity contribution is 0.0675. The average molecular weight is 315 g/mol. The van der Waals surface area contributed by atoms with E-state index in [0.717, 1.165) is 11.5 Å². The second-order valence-corrected chi connectivity index (χ2v) is 5.61. The smallest absolute Gasteiger partial charge is 0.316 e. The molecule has 0 aliphatic heterocycles. The summed E-state index contributed by atoms with van der Waals surface area (Å²) in [4.78, 5) is 25.4. The van der Waals surface area contributed by atoms with E-state index in [1.165, 1.54) is 0 Å². The summed E-state index contributed by atoms with van der Waals surface area (Å²) in [6.45, 7) is 6.14. The molecule has 1 aromatic heterocycles. The van der Waals surface area contributed by atoms with Crippen molar-refractivity contribution in [2.75, 3.05) is 5.32 Å². The molecule has 1 heterocycles. The molecule has 3 N–H and O–H groups in total. The minimum atomic E-state index is -0.665. The quantitative estimate of drug-likeness (QED) is 0.888. The highest BCUT2D eigenvalue weighted by Crippen LogP contribution is 2.17. The molecule has 6 nitrogen and oxygen atoms in total. The summed E-state index contributed by atoms with van der Waals surface area (Å²) in [5, 5.41) is 2.47. The van der Waals surface area contributed by atoms with Gasteiger partial charge in [0.1, 0.15) is 11.5 Å². The van der Waals surface area contributed by atoms with Crippen LogP contribution in [0.25, 0.3) is 0 Å². The number of primary amides is 1. The first-order chi connectivity index (χ1) is 10.9. The molecule has 23 heavy (non-hydrogen) atoms. The van der Waals surface area contributed by atoms with Gasteiger partial charge < -0.3 is 20.4 Å². The van der Waals surface area contributed by atoms with Crippen molar-refractivity contribution in [3.05, 3.63) is 53.5 Å². The molecule has 2 rings (SSSR count). The van der Waals surface area contributed by atoms with Crippen molar-refractivity contribution in [3.63, 3.8) is 0 Å². The molecule has 122 valence electrons. The molecule has 0 spiro atoms. The fourth-order valence-electron chi connectivity index (χ4n) is 2.26. The van der Waals surface area contributed by atoms with Crippen molar-refractivity contribution in [1.82, 2.24) is 4.90 Å². The topological polar surface area (TPSA) is 88.6 Å². The van der Waals surface area contributed by atoms with E-state index in [1.54, 1.807) is 29.2 Å². The molecule has 3 amide bonds. The lowest BCUT2D eigenvalue weighted by Crippen LogP contribution is -2.36. The van der Waals surface area contributed by atoms with Crippen LogP contribution in [0.15, 0.2) is 40.8 Å². The number of hydrogen-bond acceptors (Lipinski definition) is 3. The molecule has 0 bridgehead atoms. The van der Waals surface area contributed by atoms with E-state index >= 15 is 0 Å². The highest BCUT2D eigenvalue weighted by Gasteiger charge is 2.20. The Morgan fingerprint density at radius 2 is 2.00 bits per heavy atom. The number of furan rings is 1. The van der Waals surface area contributed by atoms with Crippen molar-refractivity contribution < 1.29 is 14.0 Å². The van der Waals surface area contributed by atoms with Crippen LogP contribution in [0, 0.1) is 6.92 Å². The molecule has 0 saturated carbocycles. The van der Waals surface area contributed by atoms with Crippen LogP contribution in [0.3, 0.4) is 0 Å². The number of anilines is 1. The summed E-state index contributed by atoms with van der Waals surface area (Å²) < 4.78 is 5.56. The minimum absolute atomic E-state index is 0.000613. The first kappa shape index (κ1) is 16.6. The number of benzene rings is 1. The molecule has 0 unspecified atom stereocenters. The minimum Gasteiger partial charge on any atom is -0.464 e. The molecule has 0 atom stereocenters. The highest BCUT2D eigenvalue weighted by molar-refractivity contribution is 5.96. The number of nitrogens with two attached hydrogens (primary N) is 1. The first-order valence-electron chi connectivity index (χ1n) is 7.39. The average Bonchev–Trinajstić information content (AvgIpc) is 2.89. The van der Waals surface area contributed by atoms with Crippen LogP contribution >= 0.6 is 0 Å². The summed E-state index contributed by atoms with van der Waals surface area (Å²) in [7, 11) is 0. The standard InChI is InChI=1S/C17H21N3O3/c1-11(2)20(10-15-8-7-12(3)23-15)16(21)13-5-4-6-14(9-13)19-17(18)22/h4-9,11H,10H2,1-3H3,(H3,18,19,22). The summed E-state index contributed by atoms with van der Waals surface area (Å²) in [5.41, 5.74) is 6.07. The Balaban J connectivity index is 2.22. The Hall–Kier alpha value is -2.76. The lowest BCUT2D eigenvalue weighted by atomic mass is 10.1. The van der Waals surface area contributed by atoms with Crippen molar-refractivity contribution in [2.45, 2.75) is 33.4 Å². The lowest BCUT2D eigenvalue weighted by Gasteiger charge is -2.26. The third-order valence-corrected chi connectivity index (χ3v) is 3.38. The predicted octanol–water partition coefficient (Wildman–Crippen LogP) is 3.13. The van der Waals surface area contributed by atoms with E-state index in [9.17, 15) is 9.59 Å². The maximum atomic E-state index is 12.8. The summed E-state index contributed by atoms with van der Waals surface area (Å²) in [6, 6.07) is 9.76. The number of hydrogen-bond donors (Lipinski definition) is 2. The SMILES string of the molecule is Cc1ccc(CN(C(=O)c2cccc(NC(N)=O)c2)C(C)C)o1. The molecule has 1 aromatic carbocycles. The van der Waals surface area contributed by atoms with Gasteiger partial charge >= 0.3 is 6.03 Å². The fourth-order valence-corrected chi connectivity index (χ4v) is 2.26. The van der Waals surface area contributed by atoms with Gasteiger partial charge in [-0.05, 0) is 51.1 Å². The second kappa shape index (κ2) is 7.00. The Kier molecular flexibility index (Phi) is 5.05. The van der Waals surface area contributed by atoms with E-state index in [-0.39, 0.29) is 11.9 Å². The van der Waals surface area contributed by atoms with E-state index in [2.05, 4.69) is 5.32 Å². The molecule has 0 aliphatic rings. The normalized spacial score (nSPS) is 10.6. The van der Waals surface area contributed by atoms with Crippen LogP contribution in [0.5, 0.6) is 0 Å². The number of nitrogens with zero attached hydrogens (tertiary/aromatic N) is 1. The number of carbonyl (C=O) groups is 2. The van der Waals surface area contributed by atoms with Gasteiger partial charge in [0.25, 0.3) is 5.91 Å².